The highest BCUT2D eigenvalue weighted by Gasteiger charge is 2.34. The minimum Gasteiger partial charge on any atom is -0.349 e. The number of thiophene rings is 1. The molecule has 0 aromatic carbocycles. The topological polar surface area (TPSA) is 66.5 Å². The van der Waals surface area contributed by atoms with Gasteiger partial charge in [0.25, 0.3) is 5.91 Å². The Morgan fingerprint density at radius 2 is 2.05 bits per heavy atom. The molecule has 22 heavy (non-hydrogen) atoms. The molecule has 0 bridgehead atoms. The van der Waals surface area contributed by atoms with E-state index in [1.165, 1.54) is 11.3 Å². The molecule has 0 saturated carbocycles. The molecule has 2 aliphatic rings. The van der Waals surface area contributed by atoms with Crippen LogP contribution in [0.3, 0.4) is 0 Å². The number of aryl methyl sites for hydroxylation is 1. The van der Waals surface area contributed by atoms with Gasteiger partial charge in [0, 0.05) is 25.2 Å². The zero-order valence-electron chi connectivity index (χ0n) is 12.7. The zero-order chi connectivity index (χ0) is 15.7. The van der Waals surface area contributed by atoms with Crippen LogP contribution < -0.4 is 5.32 Å². The van der Waals surface area contributed by atoms with Gasteiger partial charge >= 0.3 is 0 Å². The number of hydrogen-bond acceptors (Lipinski definition) is 5. The largest absolute Gasteiger partial charge is 0.349 e. The monoisotopic (exact) mass is 342 g/mol. The van der Waals surface area contributed by atoms with Crippen molar-refractivity contribution in [3.8, 4) is 0 Å². The lowest BCUT2D eigenvalue weighted by atomic mass is 10.0. The molecule has 0 radical (unpaired) electrons. The maximum Gasteiger partial charge on any atom is 0.261 e. The van der Waals surface area contributed by atoms with Gasteiger partial charge in [-0.1, -0.05) is 0 Å². The molecule has 1 N–H and O–H groups in total. The van der Waals surface area contributed by atoms with E-state index in [1.54, 1.807) is 0 Å². The number of carbonyl (C=O) groups is 1. The van der Waals surface area contributed by atoms with E-state index in [-0.39, 0.29) is 18.0 Å². The number of likely N-dealkylation sites (tertiary alicyclic amines) is 1. The summed E-state index contributed by atoms with van der Waals surface area (Å²) in [5.74, 6) is 0.643. The lowest BCUT2D eigenvalue weighted by Crippen LogP contribution is -2.48. The molecule has 7 heteroatoms. The van der Waals surface area contributed by atoms with Gasteiger partial charge in [-0.2, -0.15) is 0 Å². The molecule has 0 aliphatic carbocycles. The first-order valence-electron chi connectivity index (χ1n) is 7.73. The van der Waals surface area contributed by atoms with Crippen molar-refractivity contribution in [3.63, 3.8) is 0 Å². The number of hydrogen-bond donors (Lipinski definition) is 1. The molecule has 1 aromatic heterocycles. The highest BCUT2D eigenvalue weighted by Crippen LogP contribution is 2.22. The summed E-state index contributed by atoms with van der Waals surface area (Å²) in [6.07, 6.45) is 2.55. The summed E-state index contributed by atoms with van der Waals surface area (Å²) in [4.78, 5) is 15.2. The third kappa shape index (κ3) is 3.70. The molecule has 2 fully saturated rings. The van der Waals surface area contributed by atoms with Crippen LogP contribution >= 0.6 is 11.3 Å². The fraction of sp³-hybridized carbons (Fsp3) is 0.667. The van der Waals surface area contributed by atoms with Crippen molar-refractivity contribution in [1.29, 1.82) is 0 Å². The average Bonchev–Trinajstić information content (AvgIpc) is 3.05. The Morgan fingerprint density at radius 1 is 1.32 bits per heavy atom. The van der Waals surface area contributed by atoms with E-state index in [0.717, 1.165) is 42.8 Å². The van der Waals surface area contributed by atoms with Crippen molar-refractivity contribution in [2.75, 3.05) is 24.6 Å². The standard InChI is InChI=1S/C15H22N2O3S2/c1-11-8-14(21-9-11)15(18)16-12-2-5-17(6-3-12)13-4-7-22(19,20)10-13/h8-9,12-13H,2-7,10H2,1H3,(H,16,18). The molecule has 1 atom stereocenters. The quantitative estimate of drug-likeness (QED) is 0.903. The summed E-state index contributed by atoms with van der Waals surface area (Å²) in [5.41, 5.74) is 1.12. The van der Waals surface area contributed by atoms with Crippen molar-refractivity contribution in [2.24, 2.45) is 0 Å². The van der Waals surface area contributed by atoms with Gasteiger partial charge in [-0.25, -0.2) is 8.42 Å². The minimum absolute atomic E-state index is 0.0139. The second-order valence-corrected chi connectivity index (χ2v) is 9.47. The molecule has 5 nitrogen and oxygen atoms in total. The smallest absolute Gasteiger partial charge is 0.261 e. The van der Waals surface area contributed by atoms with Gasteiger partial charge in [-0.3, -0.25) is 9.69 Å². The predicted octanol–water partition coefficient (Wildman–Crippen LogP) is 1.44. The Morgan fingerprint density at radius 3 is 2.59 bits per heavy atom. The Kier molecular flexibility index (Phi) is 4.56. The van der Waals surface area contributed by atoms with Gasteiger partial charge in [-0.15, -0.1) is 11.3 Å². The van der Waals surface area contributed by atoms with Crippen LogP contribution in [-0.4, -0.2) is 55.9 Å². The van der Waals surface area contributed by atoms with Gasteiger partial charge in [0.05, 0.1) is 16.4 Å². The normalized spacial score (nSPS) is 26.1. The lowest BCUT2D eigenvalue weighted by molar-refractivity contribution is 0.0902. The number of sulfone groups is 1. The van der Waals surface area contributed by atoms with Crippen molar-refractivity contribution < 1.29 is 13.2 Å². The van der Waals surface area contributed by atoms with Gasteiger partial charge in [0.1, 0.15) is 0 Å². The van der Waals surface area contributed by atoms with Crippen LogP contribution in [0.25, 0.3) is 0 Å². The van der Waals surface area contributed by atoms with Crippen LogP contribution in [0.15, 0.2) is 11.4 Å². The van der Waals surface area contributed by atoms with Gasteiger partial charge in [0.2, 0.25) is 0 Å². The van der Waals surface area contributed by atoms with Crippen molar-refractivity contribution in [2.45, 2.75) is 38.3 Å². The van der Waals surface area contributed by atoms with Gasteiger partial charge in [-0.05, 0) is 43.2 Å². The average molecular weight is 342 g/mol. The van der Waals surface area contributed by atoms with E-state index in [2.05, 4.69) is 10.2 Å². The second-order valence-electron chi connectivity index (χ2n) is 6.33. The summed E-state index contributed by atoms with van der Waals surface area (Å²) < 4.78 is 23.1. The molecule has 1 unspecified atom stereocenters. The van der Waals surface area contributed by atoms with E-state index < -0.39 is 9.84 Å². The van der Waals surface area contributed by atoms with Crippen molar-refractivity contribution >= 4 is 27.1 Å². The van der Waals surface area contributed by atoms with E-state index in [1.807, 2.05) is 18.4 Å². The van der Waals surface area contributed by atoms with Gasteiger partial charge < -0.3 is 5.32 Å². The Bertz CT molecular complexity index is 645. The van der Waals surface area contributed by atoms with Crippen LogP contribution in [0.1, 0.15) is 34.5 Å². The first kappa shape index (κ1) is 16.0. The van der Waals surface area contributed by atoms with Crippen molar-refractivity contribution in [1.82, 2.24) is 10.2 Å². The third-order valence-electron chi connectivity index (χ3n) is 4.54. The first-order valence-corrected chi connectivity index (χ1v) is 10.4. The molecule has 0 spiro atoms. The number of piperidine rings is 1. The molecule has 122 valence electrons. The SMILES string of the molecule is Cc1csc(C(=O)NC2CCN(C3CCS(=O)(=O)C3)CC2)c1. The highest BCUT2D eigenvalue weighted by atomic mass is 32.2. The van der Waals surface area contributed by atoms with E-state index in [0.29, 0.717) is 11.5 Å². The van der Waals surface area contributed by atoms with E-state index in [4.69, 9.17) is 0 Å². The number of nitrogens with one attached hydrogen (secondary N) is 1. The molecular formula is C15H22N2O3S2. The van der Waals surface area contributed by atoms with Crippen LogP contribution in [-0.2, 0) is 9.84 Å². The first-order chi connectivity index (χ1) is 10.4. The number of carbonyl (C=O) groups excluding carboxylic acids is 1. The number of nitrogens with zero attached hydrogens (tertiary/aromatic N) is 1. The summed E-state index contributed by atoms with van der Waals surface area (Å²) in [7, 11) is -2.82. The molecule has 3 heterocycles. The fourth-order valence-electron chi connectivity index (χ4n) is 3.28. The molecule has 2 saturated heterocycles. The maximum absolute atomic E-state index is 12.2. The molecule has 3 rings (SSSR count). The summed E-state index contributed by atoms with van der Waals surface area (Å²) in [6.45, 7) is 3.73. The Labute approximate surface area is 135 Å². The van der Waals surface area contributed by atoms with E-state index >= 15 is 0 Å². The fourth-order valence-corrected chi connectivity index (χ4v) is 5.84. The second kappa shape index (κ2) is 6.29. The number of rotatable bonds is 3. The summed E-state index contributed by atoms with van der Waals surface area (Å²) in [5, 5.41) is 5.09. The van der Waals surface area contributed by atoms with Crippen LogP contribution in [0, 0.1) is 6.92 Å². The lowest BCUT2D eigenvalue weighted by Gasteiger charge is -2.35. The molecular weight excluding hydrogens is 320 g/mol. The maximum atomic E-state index is 12.2. The number of amides is 1. The predicted molar refractivity (Wildman–Crippen MR) is 88.2 cm³/mol. The third-order valence-corrected chi connectivity index (χ3v) is 7.34. The van der Waals surface area contributed by atoms with Crippen LogP contribution in [0.4, 0.5) is 0 Å². The van der Waals surface area contributed by atoms with Crippen molar-refractivity contribution in [3.05, 3.63) is 21.9 Å². The van der Waals surface area contributed by atoms with Crippen LogP contribution in [0.2, 0.25) is 0 Å². The van der Waals surface area contributed by atoms with E-state index in [9.17, 15) is 13.2 Å². The van der Waals surface area contributed by atoms with Crippen LogP contribution in [0.5, 0.6) is 0 Å². The Hall–Kier alpha value is -0.920. The zero-order valence-corrected chi connectivity index (χ0v) is 14.4. The van der Waals surface area contributed by atoms with Gasteiger partial charge in [0.15, 0.2) is 9.84 Å². The molecule has 2 aliphatic heterocycles. The summed E-state index contributed by atoms with van der Waals surface area (Å²) in [6, 6.07) is 2.30. The molecule has 1 amide bonds. The summed E-state index contributed by atoms with van der Waals surface area (Å²) >= 11 is 1.48. The highest BCUT2D eigenvalue weighted by molar-refractivity contribution is 7.91. The minimum atomic E-state index is -2.82. The molecule has 1 aromatic rings. The Balaban J connectivity index is 1.49.